The summed E-state index contributed by atoms with van der Waals surface area (Å²) in [7, 11) is 0. The highest BCUT2D eigenvalue weighted by atomic mass is 79.9. The molecule has 15 heavy (non-hydrogen) atoms. The molecule has 1 aromatic heterocycles. The van der Waals surface area contributed by atoms with Gasteiger partial charge in [-0.25, -0.2) is 0 Å². The van der Waals surface area contributed by atoms with Crippen molar-refractivity contribution >= 4 is 21.7 Å². The number of rotatable bonds is 3. The predicted molar refractivity (Wildman–Crippen MR) is 65.5 cm³/mol. The summed E-state index contributed by atoms with van der Waals surface area (Å²) in [6, 6.07) is 2.11. The molecule has 1 fully saturated rings. The maximum absolute atomic E-state index is 4.18. The number of hydrogen-bond acceptors (Lipinski definition) is 3. The van der Waals surface area contributed by atoms with Crippen molar-refractivity contribution in [3.05, 3.63) is 17.8 Å². The normalized spacial score (nSPS) is 20.9. The van der Waals surface area contributed by atoms with Crippen LogP contribution in [0.3, 0.4) is 0 Å². The Labute approximate surface area is 99.0 Å². The lowest BCUT2D eigenvalue weighted by Crippen LogP contribution is -2.21. The fourth-order valence-corrected chi connectivity index (χ4v) is 2.68. The summed E-state index contributed by atoms with van der Waals surface area (Å²) in [4.78, 5) is 2.34. The van der Waals surface area contributed by atoms with Crippen molar-refractivity contribution in [2.75, 3.05) is 23.3 Å². The molecule has 82 valence electrons. The lowest BCUT2D eigenvalue weighted by atomic mass is 10.1. The Balaban J connectivity index is 2.01. The molecule has 1 aliphatic rings. The Hall–Kier alpha value is -0.640. The third-order valence-electron chi connectivity index (χ3n) is 2.91. The van der Waals surface area contributed by atoms with Crippen LogP contribution in [0.4, 0.5) is 5.82 Å². The molecule has 2 heterocycles. The number of anilines is 1. The molecule has 1 aliphatic heterocycles. The van der Waals surface area contributed by atoms with Crippen molar-refractivity contribution in [1.29, 1.82) is 0 Å². The average Bonchev–Trinajstić information content (AvgIpc) is 2.67. The number of halogens is 1. The van der Waals surface area contributed by atoms with Crippen LogP contribution in [0.1, 0.15) is 18.4 Å². The third kappa shape index (κ3) is 2.68. The highest BCUT2D eigenvalue weighted by Gasteiger charge is 2.22. The van der Waals surface area contributed by atoms with E-state index in [2.05, 4.69) is 44.0 Å². The smallest absolute Gasteiger partial charge is 0.151 e. The molecule has 3 nitrogen and oxygen atoms in total. The first-order chi connectivity index (χ1) is 7.29. The number of aromatic nitrogens is 2. The van der Waals surface area contributed by atoms with Crippen LogP contribution in [0.15, 0.2) is 12.3 Å². The van der Waals surface area contributed by atoms with E-state index in [1.165, 1.54) is 18.4 Å². The van der Waals surface area contributed by atoms with Gasteiger partial charge in [-0.05, 0) is 37.3 Å². The fraction of sp³-hybridized carbons (Fsp3) is 0.636. The van der Waals surface area contributed by atoms with Crippen LogP contribution in [-0.4, -0.2) is 28.6 Å². The number of alkyl halides is 1. The van der Waals surface area contributed by atoms with Crippen molar-refractivity contribution < 1.29 is 0 Å². The fourth-order valence-electron chi connectivity index (χ4n) is 2.03. The van der Waals surface area contributed by atoms with Crippen LogP contribution in [0.25, 0.3) is 0 Å². The van der Waals surface area contributed by atoms with Crippen molar-refractivity contribution in [2.24, 2.45) is 5.92 Å². The maximum Gasteiger partial charge on any atom is 0.151 e. The summed E-state index contributed by atoms with van der Waals surface area (Å²) in [6.07, 6.45) is 4.34. The minimum atomic E-state index is 0.812. The second-order valence-corrected chi connectivity index (χ2v) is 4.96. The number of hydrogen-bond donors (Lipinski definition) is 0. The highest BCUT2D eigenvalue weighted by molar-refractivity contribution is 9.09. The molecule has 0 N–H and O–H groups in total. The topological polar surface area (TPSA) is 29.0 Å². The summed E-state index contributed by atoms with van der Waals surface area (Å²) in [5.74, 6) is 1.85. The summed E-state index contributed by atoms with van der Waals surface area (Å²) >= 11 is 3.50. The SMILES string of the molecule is Cc1cnnc(N2CCC(CCBr)C2)c1. The Morgan fingerprint density at radius 2 is 2.47 bits per heavy atom. The van der Waals surface area contributed by atoms with Gasteiger partial charge in [0.1, 0.15) is 0 Å². The Morgan fingerprint density at radius 3 is 3.20 bits per heavy atom. The van der Waals surface area contributed by atoms with Crippen molar-refractivity contribution in [2.45, 2.75) is 19.8 Å². The molecule has 1 saturated heterocycles. The molecule has 0 radical (unpaired) electrons. The first-order valence-electron chi connectivity index (χ1n) is 5.40. The predicted octanol–water partition coefficient (Wildman–Crippen LogP) is 2.40. The van der Waals surface area contributed by atoms with Gasteiger partial charge in [0.25, 0.3) is 0 Å². The third-order valence-corrected chi connectivity index (χ3v) is 3.36. The summed E-state index contributed by atoms with van der Waals surface area (Å²) in [5.41, 5.74) is 1.18. The minimum Gasteiger partial charge on any atom is -0.355 e. The van der Waals surface area contributed by atoms with E-state index in [1.54, 1.807) is 6.20 Å². The van der Waals surface area contributed by atoms with E-state index >= 15 is 0 Å². The van der Waals surface area contributed by atoms with Gasteiger partial charge in [-0.15, -0.1) is 5.10 Å². The lowest BCUT2D eigenvalue weighted by Gasteiger charge is -2.16. The van der Waals surface area contributed by atoms with Crippen LogP contribution in [-0.2, 0) is 0 Å². The van der Waals surface area contributed by atoms with E-state index in [0.717, 1.165) is 30.2 Å². The van der Waals surface area contributed by atoms with Crippen LogP contribution in [0.5, 0.6) is 0 Å². The molecule has 0 aliphatic carbocycles. The number of nitrogens with zero attached hydrogens (tertiary/aromatic N) is 3. The van der Waals surface area contributed by atoms with E-state index in [4.69, 9.17) is 0 Å². The van der Waals surface area contributed by atoms with Crippen LogP contribution in [0.2, 0.25) is 0 Å². The first kappa shape index (κ1) is 10.9. The molecule has 0 saturated carbocycles. The molecule has 4 heteroatoms. The summed E-state index contributed by atoms with van der Waals surface area (Å²) in [6.45, 7) is 4.31. The molecule has 1 aromatic rings. The molecule has 1 atom stereocenters. The van der Waals surface area contributed by atoms with E-state index in [9.17, 15) is 0 Å². The lowest BCUT2D eigenvalue weighted by molar-refractivity contribution is 0.575. The Bertz CT molecular complexity index is 329. The maximum atomic E-state index is 4.18. The Morgan fingerprint density at radius 1 is 1.60 bits per heavy atom. The zero-order valence-corrected chi connectivity index (χ0v) is 10.6. The van der Waals surface area contributed by atoms with Gasteiger partial charge in [0.05, 0.1) is 6.20 Å². The van der Waals surface area contributed by atoms with Crippen LogP contribution < -0.4 is 4.90 Å². The largest absolute Gasteiger partial charge is 0.355 e. The quantitative estimate of drug-likeness (QED) is 0.790. The zero-order chi connectivity index (χ0) is 10.7. The summed E-state index contributed by atoms with van der Waals surface area (Å²) < 4.78 is 0. The molecular formula is C11H16BrN3. The van der Waals surface area contributed by atoms with Gasteiger partial charge in [-0.3, -0.25) is 0 Å². The summed E-state index contributed by atoms with van der Waals surface area (Å²) in [5, 5.41) is 9.28. The standard InChI is InChI=1S/C11H16BrN3/c1-9-6-11(14-13-7-9)15-5-3-10(8-15)2-4-12/h6-7,10H,2-5,8H2,1H3. The molecule has 0 bridgehead atoms. The van der Waals surface area contributed by atoms with Gasteiger partial charge >= 0.3 is 0 Å². The van der Waals surface area contributed by atoms with Crippen LogP contribution >= 0.6 is 15.9 Å². The van der Waals surface area contributed by atoms with E-state index in [-0.39, 0.29) is 0 Å². The van der Waals surface area contributed by atoms with Gasteiger partial charge in [0.2, 0.25) is 0 Å². The number of aryl methyl sites for hydroxylation is 1. The van der Waals surface area contributed by atoms with Crippen molar-refractivity contribution in [1.82, 2.24) is 10.2 Å². The second kappa shape index (κ2) is 4.92. The minimum absolute atomic E-state index is 0.812. The molecular weight excluding hydrogens is 254 g/mol. The zero-order valence-electron chi connectivity index (χ0n) is 8.99. The monoisotopic (exact) mass is 269 g/mol. The van der Waals surface area contributed by atoms with Crippen molar-refractivity contribution in [3.63, 3.8) is 0 Å². The Kier molecular flexibility index (Phi) is 3.57. The van der Waals surface area contributed by atoms with Gasteiger partial charge in [-0.1, -0.05) is 15.9 Å². The van der Waals surface area contributed by atoms with E-state index in [1.807, 2.05) is 0 Å². The van der Waals surface area contributed by atoms with Crippen LogP contribution in [0, 0.1) is 12.8 Å². The van der Waals surface area contributed by atoms with Gasteiger partial charge in [0.15, 0.2) is 5.82 Å². The van der Waals surface area contributed by atoms with E-state index < -0.39 is 0 Å². The molecule has 1 unspecified atom stereocenters. The molecule has 0 amide bonds. The van der Waals surface area contributed by atoms with E-state index in [0.29, 0.717) is 0 Å². The average molecular weight is 270 g/mol. The molecule has 0 spiro atoms. The first-order valence-corrected chi connectivity index (χ1v) is 6.52. The second-order valence-electron chi connectivity index (χ2n) is 4.17. The van der Waals surface area contributed by atoms with Gasteiger partial charge in [0, 0.05) is 18.4 Å². The van der Waals surface area contributed by atoms with Gasteiger partial charge in [-0.2, -0.15) is 5.10 Å². The molecule has 0 aromatic carbocycles. The highest BCUT2D eigenvalue weighted by Crippen LogP contribution is 2.24. The van der Waals surface area contributed by atoms with Gasteiger partial charge < -0.3 is 4.90 Å². The van der Waals surface area contributed by atoms with Crippen molar-refractivity contribution in [3.8, 4) is 0 Å². The molecule has 2 rings (SSSR count).